The minimum atomic E-state index is -0.147. The van der Waals surface area contributed by atoms with Crippen molar-refractivity contribution in [3.05, 3.63) is 36.8 Å². The average molecular weight is 181 g/mol. The molecule has 1 rings (SSSR count). The Kier molecular flexibility index (Phi) is 3.28. The van der Waals surface area contributed by atoms with Crippen molar-refractivity contribution < 1.29 is 14.5 Å². The topological polar surface area (TPSA) is 38.8 Å². The average Bonchev–Trinajstić information content (AvgIpc) is 2.15. The van der Waals surface area contributed by atoms with Gasteiger partial charge in [-0.05, 0) is 24.6 Å². The molecule has 0 bridgehead atoms. The second-order valence-electron chi connectivity index (χ2n) is 2.54. The zero-order valence-electron chi connectivity index (χ0n) is 7.40. The summed E-state index contributed by atoms with van der Waals surface area (Å²) in [5.74, 6) is -0.147. The van der Waals surface area contributed by atoms with E-state index in [9.17, 15) is 4.79 Å². The molecular weight excluding hydrogens is 170 g/mol. The van der Waals surface area contributed by atoms with Gasteiger partial charge >= 0.3 is 0 Å². The van der Waals surface area contributed by atoms with Crippen molar-refractivity contribution in [3.8, 4) is 0 Å². The standard InChI is InChI=1S/C9H11NO3/c1-8(2)9(11)7-13-10-5-3-4-6-12-10/h3-6H,1,7H2,2H3. The number of hydrogen-bond acceptors (Lipinski definition) is 4. The third-order valence-corrected chi connectivity index (χ3v) is 1.36. The summed E-state index contributed by atoms with van der Waals surface area (Å²) in [5.41, 5.74) is 0.469. The van der Waals surface area contributed by atoms with E-state index in [2.05, 4.69) is 6.58 Å². The maximum absolute atomic E-state index is 11.0. The van der Waals surface area contributed by atoms with Gasteiger partial charge < -0.3 is 4.84 Å². The summed E-state index contributed by atoms with van der Waals surface area (Å²) in [4.78, 5) is 20.9. The zero-order chi connectivity index (χ0) is 9.68. The fourth-order valence-corrected chi connectivity index (χ4v) is 0.614. The lowest BCUT2D eigenvalue weighted by molar-refractivity contribution is -0.304. The van der Waals surface area contributed by atoms with Gasteiger partial charge in [0.1, 0.15) is 12.9 Å². The molecule has 13 heavy (non-hydrogen) atoms. The molecule has 0 aliphatic carbocycles. The lowest BCUT2D eigenvalue weighted by Crippen LogP contribution is -2.22. The first kappa shape index (κ1) is 9.54. The number of nitrogens with zero attached hydrogens (tertiary/aromatic N) is 1. The van der Waals surface area contributed by atoms with Crippen LogP contribution in [0.2, 0.25) is 0 Å². The van der Waals surface area contributed by atoms with Gasteiger partial charge in [-0.2, -0.15) is 0 Å². The molecule has 1 aliphatic heterocycles. The van der Waals surface area contributed by atoms with Crippen molar-refractivity contribution in [3.63, 3.8) is 0 Å². The van der Waals surface area contributed by atoms with E-state index in [1.54, 1.807) is 25.3 Å². The van der Waals surface area contributed by atoms with E-state index in [1.165, 1.54) is 6.26 Å². The highest BCUT2D eigenvalue weighted by Crippen LogP contribution is 2.02. The SMILES string of the molecule is C=C(C)C(=O)CON1C=CC=CO1. The molecule has 0 aromatic carbocycles. The van der Waals surface area contributed by atoms with Gasteiger partial charge in [0.25, 0.3) is 0 Å². The van der Waals surface area contributed by atoms with E-state index in [0.29, 0.717) is 5.57 Å². The Morgan fingerprint density at radius 1 is 1.62 bits per heavy atom. The fraction of sp³-hybridized carbons (Fsp3) is 0.222. The van der Waals surface area contributed by atoms with Crippen molar-refractivity contribution >= 4 is 5.78 Å². The van der Waals surface area contributed by atoms with Crippen LogP contribution in [0.1, 0.15) is 6.92 Å². The Labute approximate surface area is 76.6 Å². The van der Waals surface area contributed by atoms with Gasteiger partial charge in [-0.25, -0.2) is 4.84 Å². The summed E-state index contributed by atoms with van der Waals surface area (Å²) in [6.45, 7) is 5.07. The van der Waals surface area contributed by atoms with E-state index >= 15 is 0 Å². The molecule has 0 spiro atoms. The molecule has 0 radical (unpaired) electrons. The van der Waals surface area contributed by atoms with Crippen molar-refractivity contribution in [1.82, 2.24) is 5.23 Å². The van der Waals surface area contributed by atoms with Gasteiger partial charge in [0.2, 0.25) is 0 Å². The Balaban J connectivity index is 2.27. The zero-order valence-corrected chi connectivity index (χ0v) is 7.40. The summed E-state index contributed by atoms with van der Waals surface area (Å²) < 4.78 is 0. The number of rotatable bonds is 4. The quantitative estimate of drug-likeness (QED) is 0.613. The number of carbonyl (C=O) groups is 1. The molecule has 0 aromatic heterocycles. The van der Waals surface area contributed by atoms with Crippen LogP contribution in [0.25, 0.3) is 0 Å². The molecule has 4 heteroatoms. The molecular formula is C9H11NO3. The lowest BCUT2D eigenvalue weighted by Gasteiger charge is -2.18. The van der Waals surface area contributed by atoms with Crippen LogP contribution < -0.4 is 0 Å². The molecule has 0 saturated carbocycles. The highest BCUT2D eigenvalue weighted by Gasteiger charge is 2.06. The maximum Gasteiger partial charge on any atom is 0.186 e. The second-order valence-corrected chi connectivity index (χ2v) is 2.54. The van der Waals surface area contributed by atoms with E-state index in [1.807, 2.05) is 0 Å². The van der Waals surface area contributed by atoms with Crippen molar-refractivity contribution in [2.75, 3.05) is 6.61 Å². The number of carbonyl (C=O) groups excluding carboxylic acids is 1. The van der Waals surface area contributed by atoms with Crippen LogP contribution >= 0.6 is 0 Å². The number of ketones is 1. The first-order valence-electron chi connectivity index (χ1n) is 3.81. The van der Waals surface area contributed by atoms with Crippen LogP contribution in [-0.4, -0.2) is 17.6 Å². The molecule has 0 aromatic rings. The largest absolute Gasteiger partial charge is 0.362 e. The van der Waals surface area contributed by atoms with Gasteiger partial charge in [0.15, 0.2) is 5.78 Å². The Morgan fingerprint density at radius 3 is 2.92 bits per heavy atom. The van der Waals surface area contributed by atoms with Crippen molar-refractivity contribution in [2.45, 2.75) is 6.92 Å². The summed E-state index contributed by atoms with van der Waals surface area (Å²) >= 11 is 0. The van der Waals surface area contributed by atoms with Gasteiger partial charge in [0.05, 0.1) is 6.20 Å². The van der Waals surface area contributed by atoms with E-state index in [-0.39, 0.29) is 12.4 Å². The minimum Gasteiger partial charge on any atom is -0.362 e. The molecule has 1 heterocycles. The lowest BCUT2D eigenvalue weighted by atomic mass is 10.2. The van der Waals surface area contributed by atoms with Crippen LogP contribution in [0.3, 0.4) is 0 Å². The highest BCUT2D eigenvalue weighted by molar-refractivity contribution is 5.95. The van der Waals surface area contributed by atoms with Gasteiger partial charge in [-0.15, -0.1) is 0 Å². The van der Waals surface area contributed by atoms with Crippen LogP contribution in [-0.2, 0) is 14.5 Å². The van der Waals surface area contributed by atoms with Gasteiger partial charge in [0, 0.05) is 0 Å². The Morgan fingerprint density at radius 2 is 2.38 bits per heavy atom. The molecule has 0 atom stereocenters. The van der Waals surface area contributed by atoms with Gasteiger partial charge in [-0.3, -0.25) is 4.79 Å². The van der Waals surface area contributed by atoms with E-state index < -0.39 is 0 Å². The normalized spacial score (nSPS) is 14.1. The molecule has 0 N–H and O–H groups in total. The first-order chi connectivity index (χ1) is 6.20. The Hall–Kier alpha value is -1.55. The molecule has 0 saturated heterocycles. The molecule has 1 aliphatic rings. The third-order valence-electron chi connectivity index (χ3n) is 1.36. The number of allylic oxidation sites excluding steroid dienone is 2. The van der Waals surface area contributed by atoms with Crippen LogP contribution in [0.4, 0.5) is 0 Å². The maximum atomic E-state index is 11.0. The Bertz CT molecular complexity index is 268. The number of hydroxylamine groups is 2. The molecule has 0 amide bonds. The summed E-state index contributed by atoms with van der Waals surface area (Å²) in [5, 5.41) is 1.11. The minimum absolute atomic E-state index is 0.0620. The van der Waals surface area contributed by atoms with Crippen LogP contribution in [0.15, 0.2) is 36.8 Å². The predicted octanol–water partition coefficient (Wildman–Crippen LogP) is 1.34. The monoisotopic (exact) mass is 181 g/mol. The van der Waals surface area contributed by atoms with Crippen LogP contribution in [0, 0.1) is 0 Å². The summed E-state index contributed by atoms with van der Waals surface area (Å²) in [6, 6.07) is 0. The molecule has 0 fully saturated rings. The molecule has 0 unspecified atom stereocenters. The van der Waals surface area contributed by atoms with Crippen molar-refractivity contribution in [1.29, 1.82) is 0 Å². The second kappa shape index (κ2) is 4.47. The van der Waals surface area contributed by atoms with Crippen LogP contribution in [0.5, 0.6) is 0 Å². The first-order valence-corrected chi connectivity index (χ1v) is 3.81. The van der Waals surface area contributed by atoms with E-state index in [0.717, 1.165) is 5.23 Å². The smallest absolute Gasteiger partial charge is 0.186 e. The van der Waals surface area contributed by atoms with Crippen molar-refractivity contribution in [2.24, 2.45) is 0 Å². The summed E-state index contributed by atoms with van der Waals surface area (Å²) in [7, 11) is 0. The molecule has 4 nitrogen and oxygen atoms in total. The predicted molar refractivity (Wildman–Crippen MR) is 47.0 cm³/mol. The summed E-state index contributed by atoms with van der Waals surface area (Å²) in [6.07, 6.45) is 6.45. The van der Waals surface area contributed by atoms with E-state index in [4.69, 9.17) is 9.68 Å². The third kappa shape index (κ3) is 3.13. The fourth-order valence-electron chi connectivity index (χ4n) is 0.614. The molecule has 70 valence electrons. The number of Topliss-reactive ketones (excluding diaryl/α,β-unsaturated/α-hetero) is 1. The highest BCUT2D eigenvalue weighted by atomic mass is 16.9. The van der Waals surface area contributed by atoms with Gasteiger partial charge in [-0.1, -0.05) is 11.8 Å². The number of hydrogen-bond donors (Lipinski definition) is 0.